The molecule has 1 fully saturated rings. The molecule has 150 valence electrons. The smallest absolute Gasteiger partial charge is 0.247 e. The van der Waals surface area contributed by atoms with Crippen molar-refractivity contribution in [2.24, 2.45) is 0 Å². The number of alkyl halides is 2. The number of aliphatic hydroxyl groups excluding tert-OH is 1. The van der Waals surface area contributed by atoms with Crippen LogP contribution in [0.1, 0.15) is 11.1 Å². The van der Waals surface area contributed by atoms with Gasteiger partial charge in [0, 0.05) is 5.56 Å². The molecule has 0 spiro atoms. The van der Waals surface area contributed by atoms with Gasteiger partial charge in [0.05, 0.1) is 24.5 Å². The third-order valence-corrected chi connectivity index (χ3v) is 5.18. The Labute approximate surface area is 169 Å². The fraction of sp³-hybridized carbons (Fsp3) is 0.316. The van der Waals surface area contributed by atoms with Gasteiger partial charge in [0.2, 0.25) is 6.43 Å². The third-order valence-electron chi connectivity index (χ3n) is 4.19. The molecule has 2 heterocycles. The van der Waals surface area contributed by atoms with Crippen molar-refractivity contribution in [1.29, 1.82) is 10.5 Å². The molecular formula is C19H16F2N4O3S. The van der Waals surface area contributed by atoms with Crippen molar-refractivity contribution >= 4 is 17.6 Å². The predicted octanol–water partition coefficient (Wildman–Crippen LogP) is 2.57. The first-order valence-electron chi connectivity index (χ1n) is 8.52. The number of ether oxygens (including phenoxy) is 2. The number of hydrogen-bond acceptors (Lipinski definition) is 8. The second kappa shape index (κ2) is 9.05. The lowest BCUT2D eigenvalue weighted by molar-refractivity contribution is 0.0733. The Morgan fingerprint density at radius 2 is 1.93 bits per heavy atom. The van der Waals surface area contributed by atoms with Crippen LogP contribution in [0, 0.1) is 22.7 Å². The summed E-state index contributed by atoms with van der Waals surface area (Å²) in [6.07, 6.45) is -3.79. The van der Waals surface area contributed by atoms with E-state index in [1.54, 1.807) is 24.3 Å². The largest absolute Gasteiger partial charge is 0.485 e. The highest BCUT2D eigenvalue weighted by molar-refractivity contribution is 7.99. The van der Waals surface area contributed by atoms with Gasteiger partial charge in [0.1, 0.15) is 46.5 Å². The van der Waals surface area contributed by atoms with Crippen LogP contribution in [0.2, 0.25) is 0 Å². The fourth-order valence-electron chi connectivity index (χ4n) is 2.84. The highest BCUT2D eigenvalue weighted by Gasteiger charge is 2.28. The van der Waals surface area contributed by atoms with E-state index < -0.39 is 24.4 Å². The highest BCUT2D eigenvalue weighted by Crippen LogP contribution is 2.36. The van der Waals surface area contributed by atoms with Crippen LogP contribution in [0.5, 0.6) is 5.75 Å². The highest BCUT2D eigenvalue weighted by atomic mass is 32.2. The molecule has 3 rings (SSSR count). The molecule has 0 bridgehead atoms. The minimum Gasteiger partial charge on any atom is -0.485 e. The van der Waals surface area contributed by atoms with Crippen molar-refractivity contribution < 1.29 is 23.4 Å². The molecule has 0 saturated carbocycles. The zero-order chi connectivity index (χ0) is 21.0. The summed E-state index contributed by atoms with van der Waals surface area (Å²) < 4.78 is 36.0. The van der Waals surface area contributed by atoms with Gasteiger partial charge in [-0.2, -0.15) is 10.5 Å². The number of nitrogen functional groups attached to an aromatic ring is 1. The lowest BCUT2D eigenvalue weighted by Gasteiger charge is -2.16. The maximum atomic E-state index is 12.6. The van der Waals surface area contributed by atoms with Gasteiger partial charge >= 0.3 is 0 Å². The number of benzene rings is 1. The number of halogens is 2. The second-order valence-electron chi connectivity index (χ2n) is 6.14. The van der Waals surface area contributed by atoms with Gasteiger partial charge in [-0.15, -0.1) is 0 Å². The van der Waals surface area contributed by atoms with Gasteiger partial charge in [-0.1, -0.05) is 23.9 Å². The number of nitriles is 2. The topological polar surface area (TPSA) is 125 Å². The summed E-state index contributed by atoms with van der Waals surface area (Å²) in [6.45, 7) is 0.473. The van der Waals surface area contributed by atoms with Gasteiger partial charge in [0.25, 0.3) is 0 Å². The fourth-order valence-corrected chi connectivity index (χ4v) is 3.58. The molecule has 1 aromatic carbocycles. The van der Waals surface area contributed by atoms with E-state index in [2.05, 4.69) is 4.98 Å². The Morgan fingerprint density at radius 3 is 2.48 bits per heavy atom. The second-order valence-corrected chi connectivity index (χ2v) is 7.15. The molecule has 0 aliphatic carbocycles. The van der Waals surface area contributed by atoms with E-state index >= 15 is 0 Å². The molecule has 0 amide bonds. The lowest BCUT2D eigenvalue weighted by Crippen LogP contribution is -2.29. The quantitative estimate of drug-likeness (QED) is 0.686. The Bertz CT molecular complexity index is 973. The molecule has 2 aromatic rings. The number of thioether (sulfide) groups is 1. The summed E-state index contributed by atoms with van der Waals surface area (Å²) in [4.78, 5) is 3.96. The van der Waals surface area contributed by atoms with Gasteiger partial charge in [0.15, 0.2) is 0 Å². The van der Waals surface area contributed by atoms with E-state index in [4.69, 9.17) is 15.2 Å². The van der Waals surface area contributed by atoms with Crippen LogP contribution < -0.4 is 10.5 Å². The maximum absolute atomic E-state index is 12.6. The minimum atomic E-state index is -2.58. The Hall–Kier alpha value is -2.92. The summed E-state index contributed by atoms with van der Waals surface area (Å²) in [5, 5.41) is 28.9. The first kappa shape index (κ1) is 20.8. The lowest BCUT2D eigenvalue weighted by atomic mass is 9.97. The van der Waals surface area contributed by atoms with Crippen molar-refractivity contribution in [2.45, 2.75) is 23.7 Å². The summed E-state index contributed by atoms with van der Waals surface area (Å²) in [6, 6.07) is 10.4. The van der Waals surface area contributed by atoms with Crippen LogP contribution in [0.15, 0.2) is 29.3 Å². The maximum Gasteiger partial charge on any atom is 0.247 e. The van der Waals surface area contributed by atoms with Gasteiger partial charge in [-0.25, -0.2) is 13.8 Å². The molecule has 1 aromatic heterocycles. The molecule has 1 aliphatic heterocycles. The van der Waals surface area contributed by atoms with Crippen molar-refractivity contribution in [3.63, 3.8) is 0 Å². The monoisotopic (exact) mass is 418 g/mol. The number of nitrogens with two attached hydrogens (primary N) is 1. The number of hydrogen-bond donors (Lipinski definition) is 2. The summed E-state index contributed by atoms with van der Waals surface area (Å²) in [5.41, 5.74) is 6.57. The predicted molar refractivity (Wildman–Crippen MR) is 101 cm³/mol. The Morgan fingerprint density at radius 1 is 1.24 bits per heavy atom. The van der Waals surface area contributed by atoms with Crippen LogP contribution in [-0.4, -0.2) is 47.7 Å². The standard InChI is InChI=1S/C19H16F2N4O3S/c20-16(21)9-29-19-13(6-23)17(12(5-22)18(24)25-19)10-1-3-11(4-2-10)28-15-8-27-7-14(15)26/h1-4,14-16,26H,7-9H2,(H2,24,25)/t14-,15-/m1/s1. The van der Waals surface area contributed by atoms with Crippen molar-refractivity contribution in [3.8, 4) is 29.0 Å². The minimum absolute atomic E-state index is 0.00349. The normalized spacial score (nSPS) is 18.4. The van der Waals surface area contributed by atoms with E-state index in [0.717, 1.165) is 0 Å². The van der Waals surface area contributed by atoms with Crippen molar-refractivity contribution in [1.82, 2.24) is 4.98 Å². The molecule has 0 unspecified atom stereocenters. The number of aromatic nitrogens is 1. The van der Waals surface area contributed by atoms with Crippen LogP contribution >= 0.6 is 11.8 Å². The zero-order valence-corrected chi connectivity index (χ0v) is 15.8. The van der Waals surface area contributed by atoms with Gasteiger partial charge in [-0.3, -0.25) is 0 Å². The summed E-state index contributed by atoms with van der Waals surface area (Å²) in [7, 11) is 0. The van der Waals surface area contributed by atoms with Crippen molar-refractivity contribution in [2.75, 3.05) is 24.7 Å². The molecule has 29 heavy (non-hydrogen) atoms. The average Bonchev–Trinajstić information content (AvgIpc) is 3.10. The SMILES string of the molecule is N#Cc1c(N)nc(SCC(F)F)c(C#N)c1-c1ccc(O[C@@H]2COC[C@H]2O)cc1. The number of aliphatic hydroxyl groups is 1. The van der Waals surface area contributed by atoms with E-state index in [9.17, 15) is 24.4 Å². The Kier molecular flexibility index (Phi) is 6.49. The molecule has 1 aliphatic rings. The van der Waals surface area contributed by atoms with Crippen molar-refractivity contribution in [3.05, 3.63) is 35.4 Å². The van der Waals surface area contributed by atoms with E-state index in [1.165, 1.54) is 0 Å². The van der Waals surface area contributed by atoms with E-state index in [-0.39, 0.29) is 40.7 Å². The molecule has 7 nitrogen and oxygen atoms in total. The van der Waals surface area contributed by atoms with Gasteiger partial charge < -0.3 is 20.3 Å². The van der Waals surface area contributed by atoms with E-state index in [1.807, 2.05) is 12.1 Å². The number of anilines is 1. The summed E-state index contributed by atoms with van der Waals surface area (Å²) >= 11 is 0.707. The third kappa shape index (κ3) is 4.57. The van der Waals surface area contributed by atoms with Crippen LogP contribution in [0.4, 0.5) is 14.6 Å². The van der Waals surface area contributed by atoms with E-state index in [0.29, 0.717) is 23.1 Å². The molecule has 1 saturated heterocycles. The molecule has 0 radical (unpaired) electrons. The van der Waals surface area contributed by atoms with Crippen LogP contribution in [0.3, 0.4) is 0 Å². The Balaban J connectivity index is 1.98. The number of nitrogens with zero attached hydrogens (tertiary/aromatic N) is 3. The first-order valence-corrected chi connectivity index (χ1v) is 9.50. The van der Waals surface area contributed by atoms with Crippen LogP contribution in [-0.2, 0) is 4.74 Å². The number of pyridine rings is 1. The molecular weight excluding hydrogens is 402 g/mol. The molecule has 10 heteroatoms. The molecule has 3 N–H and O–H groups in total. The van der Waals surface area contributed by atoms with Crippen LogP contribution in [0.25, 0.3) is 11.1 Å². The van der Waals surface area contributed by atoms with Gasteiger partial charge in [-0.05, 0) is 17.7 Å². The summed E-state index contributed by atoms with van der Waals surface area (Å²) in [5.74, 6) is -0.218. The zero-order valence-electron chi connectivity index (χ0n) is 15.0. The molecule has 2 atom stereocenters. The first-order chi connectivity index (χ1) is 13.9. The average molecular weight is 418 g/mol. The number of rotatable bonds is 6.